The summed E-state index contributed by atoms with van der Waals surface area (Å²) in [6.45, 7) is 2.16. The molecule has 1 fully saturated rings. The number of amides is 1. The van der Waals surface area contributed by atoms with E-state index in [1.807, 2.05) is 6.92 Å². The zero-order valence-electron chi connectivity index (χ0n) is 15.4. The molecular weight excluding hydrogens is 346 g/mol. The molecule has 0 bridgehead atoms. The molecule has 140 valence electrons. The van der Waals surface area contributed by atoms with E-state index in [2.05, 4.69) is 0 Å². The van der Waals surface area contributed by atoms with E-state index in [0.29, 0.717) is 35.5 Å². The van der Waals surface area contributed by atoms with Gasteiger partial charge in [-0.05, 0) is 43.2 Å². The third-order valence-corrected chi connectivity index (χ3v) is 4.53. The van der Waals surface area contributed by atoms with Crippen molar-refractivity contribution in [3.8, 4) is 5.75 Å². The molecule has 1 saturated heterocycles. The highest BCUT2D eigenvalue weighted by Crippen LogP contribution is 2.23. The average Bonchev–Trinajstić information content (AvgIpc) is 3.12. The molecule has 2 aromatic rings. The van der Waals surface area contributed by atoms with Crippen LogP contribution in [-0.2, 0) is 9.53 Å². The quantitative estimate of drug-likeness (QED) is 0.579. The molecule has 1 amide bonds. The van der Waals surface area contributed by atoms with Gasteiger partial charge >= 0.3 is 5.97 Å². The van der Waals surface area contributed by atoms with Gasteiger partial charge in [-0.25, -0.2) is 4.79 Å². The number of aryl methyl sites for hydroxylation is 1. The lowest BCUT2D eigenvalue weighted by Gasteiger charge is -2.16. The Morgan fingerprint density at radius 1 is 1.11 bits per heavy atom. The van der Waals surface area contributed by atoms with E-state index in [4.69, 9.17) is 9.47 Å². The summed E-state index contributed by atoms with van der Waals surface area (Å²) in [6, 6.07) is 11.8. The Morgan fingerprint density at radius 2 is 1.93 bits per heavy atom. The van der Waals surface area contributed by atoms with Gasteiger partial charge in [-0.15, -0.1) is 0 Å². The normalized spacial score (nSPS) is 13.6. The van der Waals surface area contributed by atoms with Crippen LogP contribution in [0.3, 0.4) is 0 Å². The Bertz CT molecular complexity index is 890. The summed E-state index contributed by atoms with van der Waals surface area (Å²) in [5, 5.41) is 0. The zero-order chi connectivity index (χ0) is 19.4. The highest BCUT2D eigenvalue weighted by Gasteiger charge is 2.22. The molecule has 1 aliphatic heterocycles. The first kappa shape index (κ1) is 18.6. The van der Waals surface area contributed by atoms with Crippen LogP contribution >= 0.6 is 0 Å². The van der Waals surface area contributed by atoms with Gasteiger partial charge in [0.15, 0.2) is 12.4 Å². The first-order chi connectivity index (χ1) is 13.0. The second-order valence-corrected chi connectivity index (χ2v) is 6.38. The highest BCUT2D eigenvalue weighted by atomic mass is 16.5. The SMILES string of the molecule is COc1cc(C(=O)OCC(=O)c2cccc(N3CCCC3=O)c2)ccc1C. The van der Waals surface area contributed by atoms with Crippen LogP contribution in [0.15, 0.2) is 42.5 Å². The topological polar surface area (TPSA) is 72.9 Å². The van der Waals surface area contributed by atoms with Crippen molar-refractivity contribution in [3.63, 3.8) is 0 Å². The number of ether oxygens (including phenoxy) is 2. The van der Waals surface area contributed by atoms with Gasteiger partial charge in [0, 0.05) is 24.2 Å². The maximum Gasteiger partial charge on any atom is 0.338 e. The van der Waals surface area contributed by atoms with Crippen molar-refractivity contribution < 1.29 is 23.9 Å². The summed E-state index contributed by atoms with van der Waals surface area (Å²) in [6.07, 6.45) is 1.34. The molecular formula is C21H21NO5. The second kappa shape index (κ2) is 8.03. The van der Waals surface area contributed by atoms with E-state index in [1.54, 1.807) is 47.4 Å². The van der Waals surface area contributed by atoms with Crippen LogP contribution in [0, 0.1) is 6.92 Å². The highest BCUT2D eigenvalue weighted by molar-refractivity contribution is 6.01. The largest absolute Gasteiger partial charge is 0.496 e. The van der Waals surface area contributed by atoms with Crippen LogP contribution in [-0.4, -0.2) is 37.9 Å². The van der Waals surface area contributed by atoms with Crippen molar-refractivity contribution in [1.82, 2.24) is 0 Å². The summed E-state index contributed by atoms with van der Waals surface area (Å²) in [7, 11) is 1.53. The fourth-order valence-electron chi connectivity index (χ4n) is 3.01. The maximum absolute atomic E-state index is 12.4. The van der Waals surface area contributed by atoms with Crippen LogP contribution in [0.2, 0.25) is 0 Å². The number of nitrogens with zero attached hydrogens (tertiary/aromatic N) is 1. The number of rotatable bonds is 6. The fraction of sp³-hybridized carbons (Fsp3) is 0.286. The predicted octanol–water partition coefficient (Wildman–Crippen LogP) is 3.17. The molecule has 0 aliphatic carbocycles. The van der Waals surface area contributed by atoms with Gasteiger partial charge in [0.25, 0.3) is 0 Å². The zero-order valence-corrected chi connectivity index (χ0v) is 15.4. The number of esters is 1. The maximum atomic E-state index is 12.4. The van der Waals surface area contributed by atoms with Gasteiger partial charge in [0.2, 0.25) is 5.91 Å². The monoisotopic (exact) mass is 367 g/mol. The van der Waals surface area contributed by atoms with E-state index in [-0.39, 0.29) is 18.3 Å². The molecule has 0 saturated carbocycles. The van der Waals surface area contributed by atoms with Crippen LogP contribution in [0.4, 0.5) is 5.69 Å². The van der Waals surface area contributed by atoms with Crippen LogP contribution < -0.4 is 9.64 Å². The van der Waals surface area contributed by atoms with Crippen molar-refractivity contribution in [3.05, 3.63) is 59.2 Å². The summed E-state index contributed by atoms with van der Waals surface area (Å²) < 4.78 is 10.3. The van der Waals surface area contributed by atoms with Gasteiger partial charge < -0.3 is 14.4 Å². The Labute approximate surface area is 157 Å². The summed E-state index contributed by atoms with van der Waals surface area (Å²) in [5.41, 5.74) is 2.32. The summed E-state index contributed by atoms with van der Waals surface area (Å²) >= 11 is 0. The molecule has 0 aromatic heterocycles. The van der Waals surface area contributed by atoms with Crippen LogP contribution in [0.25, 0.3) is 0 Å². The van der Waals surface area contributed by atoms with Crippen molar-refractivity contribution >= 4 is 23.3 Å². The van der Waals surface area contributed by atoms with Gasteiger partial charge in [-0.2, -0.15) is 0 Å². The van der Waals surface area contributed by atoms with Crippen molar-refractivity contribution in [2.24, 2.45) is 0 Å². The van der Waals surface area contributed by atoms with Crippen molar-refractivity contribution in [2.45, 2.75) is 19.8 Å². The van der Waals surface area contributed by atoms with Crippen LogP contribution in [0.5, 0.6) is 5.75 Å². The van der Waals surface area contributed by atoms with Gasteiger partial charge in [-0.3, -0.25) is 9.59 Å². The summed E-state index contributed by atoms with van der Waals surface area (Å²) in [4.78, 5) is 38.1. The van der Waals surface area contributed by atoms with Crippen molar-refractivity contribution in [2.75, 3.05) is 25.2 Å². The van der Waals surface area contributed by atoms with Gasteiger partial charge in [0.05, 0.1) is 12.7 Å². The molecule has 0 N–H and O–H groups in total. The molecule has 6 nitrogen and oxygen atoms in total. The second-order valence-electron chi connectivity index (χ2n) is 6.38. The van der Waals surface area contributed by atoms with Crippen molar-refractivity contribution in [1.29, 1.82) is 0 Å². The average molecular weight is 367 g/mol. The lowest BCUT2D eigenvalue weighted by Crippen LogP contribution is -2.24. The minimum Gasteiger partial charge on any atom is -0.496 e. The van der Waals surface area contributed by atoms with E-state index in [9.17, 15) is 14.4 Å². The molecule has 0 atom stereocenters. The number of ketones is 1. The minimum atomic E-state index is -0.590. The van der Waals surface area contributed by atoms with E-state index < -0.39 is 5.97 Å². The number of hydrogen-bond acceptors (Lipinski definition) is 5. The third kappa shape index (κ3) is 4.16. The minimum absolute atomic E-state index is 0.0549. The standard InChI is InChI=1S/C21H21NO5/c1-14-8-9-16(12-19(14)26-2)21(25)27-13-18(23)15-5-3-6-17(11-15)22-10-4-7-20(22)24/h3,5-6,8-9,11-12H,4,7,10,13H2,1-2H3. The Balaban J connectivity index is 1.65. The van der Waals surface area contributed by atoms with E-state index in [0.717, 1.165) is 12.0 Å². The number of carbonyl (C=O) groups excluding carboxylic acids is 3. The van der Waals surface area contributed by atoms with E-state index >= 15 is 0 Å². The molecule has 1 heterocycles. The lowest BCUT2D eigenvalue weighted by molar-refractivity contribution is -0.117. The molecule has 27 heavy (non-hydrogen) atoms. The predicted molar refractivity (Wildman–Crippen MR) is 100 cm³/mol. The summed E-state index contributed by atoms with van der Waals surface area (Å²) in [5.74, 6) is -0.276. The number of methoxy groups -OCH3 is 1. The molecule has 0 radical (unpaired) electrons. The Morgan fingerprint density at radius 3 is 2.63 bits per heavy atom. The van der Waals surface area contributed by atoms with Gasteiger partial charge in [0.1, 0.15) is 5.75 Å². The number of Topliss-reactive ketones (excluding diaryl/α,β-unsaturated/α-hetero) is 1. The molecule has 3 rings (SSSR count). The molecule has 1 aliphatic rings. The number of benzene rings is 2. The fourth-order valence-corrected chi connectivity index (χ4v) is 3.01. The first-order valence-corrected chi connectivity index (χ1v) is 8.75. The number of anilines is 1. The Kier molecular flexibility index (Phi) is 5.54. The molecule has 2 aromatic carbocycles. The third-order valence-electron chi connectivity index (χ3n) is 4.53. The molecule has 0 spiro atoms. The van der Waals surface area contributed by atoms with Crippen LogP contribution in [0.1, 0.15) is 39.1 Å². The van der Waals surface area contributed by atoms with Gasteiger partial charge in [-0.1, -0.05) is 18.2 Å². The molecule has 0 unspecified atom stereocenters. The number of hydrogen-bond donors (Lipinski definition) is 0. The first-order valence-electron chi connectivity index (χ1n) is 8.75. The smallest absolute Gasteiger partial charge is 0.338 e. The Hall–Kier alpha value is -3.15. The number of carbonyl (C=O) groups is 3. The molecule has 6 heteroatoms. The van der Waals surface area contributed by atoms with E-state index in [1.165, 1.54) is 7.11 Å². The lowest BCUT2D eigenvalue weighted by atomic mass is 10.1.